The van der Waals surface area contributed by atoms with Crippen molar-refractivity contribution in [3.8, 4) is 0 Å². The van der Waals surface area contributed by atoms with Crippen LogP contribution >= 0.6 is 0 Å². The minimum absolute atomic E-state index is 0.0235. The van der Waals surface area contributed by atoms with Gasteiger partial charge in [0.15, 0.2) is 0 Å². The molecule has 1 aromatic carbocycles. The van der Waals surface area contributed by atoms with Crippen LogP contribution in [0.1, 0.15) is 29.6 Å². The van der Waals surface area contributed by atoms with Gasteiger partial charge in [0.05, 0.1) is 16.8 Å². The summed E-state index contributed by atoms with van der Waals surface area (Å²) in [4.78, 5) is 19.1. The summed E-state index contributed by atoms with van der Waals surface area (Å²) in [5.41, 5.74) is 1.28. The van der Waals surface area contributed by atoms with Gasteiger partial charge < -0.3 is 10.2 Å². The van der Waals surface area contributed by atoms with Crippen LogP contribution in [0.25, 0.3) is 0 Å². The third kappa shape index (κ3) is 4.96. The highest BCUT2D eigenvalue weighted by molar-refractivity contribution is 7.89. The zero-order chi connectivity index (χ0) is 20.0. The first-order chi connectivity index (χ1) is 13.5. The molecule has 0 spiro atoms. The summed E-state index contributed by atoms with van der Waals surface area (Å²) in [6, 6.07) is 9.56. The second-order valence-electron chi connectivity index (χ2n) is 6.57. The first-order valence-electron chi connectivity index (χ1n) is 9.22. The molecule has 0 aliphatic carbocycles. The smallest absolute Gasteiger partial charge is 0.256 e. The fourth-order valence-electron chi connectivity index (χ4n) is 3.04. The van der Waals surface area contributed by atoms with E-state index in [0.29, 0.717) is 5.82 Å². The van der Waals surface area contributed by atoms with Gasteiger partial charge in [-0.3, -0.25) is 4.79 Å². The number of rotatable bonds is 7. The average Bonchev–Trinajstić information content (AvgIpc) is 2.73. The maximum atomic E-state index is 12.5. The largest absolute Gasteiger partial charge is 0.370 e. The zero-order valence-electron chi connectivity index (χ0n) is 15.6. The van der Waals surface area contributed by atoms with Crippen LogP contribution in [-0.2, 0) is 10.0 Å². The maximum absolute atomic E-state index is 12.5. The van der Waals surface area contributed by atoms with Crippen molar-refractivity contribution in [2.24, 2.45) is 0 Å². The van der Waals surface area contributed by atoms with Gasteiger partial charge in [-0.1, -0.05) is 12.1 Å². The molecule has 3 rings (SSSR count). The quantitative estimate of drug-likeness (QED) is 0.698. The van der Waals surface area contributed by atoms with Crippen molar-refractivity contribution in [1.29, 1.82) is 0 Å². The molecule has 2 N–H and O–H groups in total. The van der Waals surface area contributed by atoms with E-state index in [2.05, 4.69) is 26.5 Å². The number of aromatic nitrogens is 1. The highest BCUT2D eigenvalue weighted by atomic mass is 32.2. The lowest BCUT2D eigenvalue weighted by Crippen LogP contribution is -2.29. The normalized spacial score (nSPS) is 14.5. The Morgan fingerprint density at radius 1 is 1.18 bits per heavy atom. The first-order valence-corrected chi connectivity index (χ1v) is 10.7. The number of benzene rings is 1. The third-order valence-electron chi connectivity index (χ3n) is 4.53. The van der Waals surface area contributed by atoms with Crippen molar-refractivity contribution in [3.05, 3.63) is 60.8 Å². The van der Waals surface area contributed by atoms with E-state index in [0.717, 1.165) is 18.8 Å². The number of sulfonamides is 1. The molecular weight excluding hydrogens is 376 g/mol. The standard InChI is InChI=1S/C20H24N4O3S/c1-2-11-22-28(26,27)18-8-6-7-16(14-18)20(25)23-19-10-9-17(15-21-19)24-12-4-3-5-13-24/h2,6-10,14-15,22H,1,3-5,11-13H2,(H,21,23,25). The first kappa shape index (κ1) is 20.0. The van der Waals surface area contributed by atoms with Gasteiger partial charge in [0.25, 0.3) is 5.91 Å². The number of nitrogens with one attached hydrogen (secondary N) is 2. The van der Waals surface area contributed by atoms with Crippen molar-refractivity contribution in [1.82, 2.24) is 9.71 Å². The van der Waals surface area contributed by atoms with Crippen molar-refractivity contribution in [2.45, 2.75) is 24.2 Å². The van der Waals surface area contributed by atoms with E-state index in [1.165, 1.54) is 43.5 Å². The van der Waals surface area contributed by atoms with Gasteiger partial charge in [-0.25, -0.2) is 18.1 Å². The van der Waals surface area contributed by atoms with E-state index >= 15 is 0 Å². The van der Waals surface area contributed by atoms with Gasteiger partial charge in [-0.05, 0) is 49.6 Å². The van der Waals surface area contributed by atoms with Crippen LogP contribution in [-0.4, -0.2) is 38.9 Å². The Hall–Kier alpha value is -2.71. The van der Waals surface area contributed by atoms with Crippen LogP contribution in [0.15, 0.2) is 60.1 Å². The molecule has 0 atom stereocenters. The fraction of sp³-hybridized carbons (Fsp3) is 0.300. The SMILES string of the molecule is C=CCNS(=O)(=O)c1cccc(C(=O)Nc2ccc(N3CCCCC3)cn2)c1. The number of pyridine rings is 1. The van der Waals surface area contributed by atoms with E-state index in [9.17, 15) is 13.2 Å². The van der Waals surface area contributed by atoms with Crippen LogP contribution in [0.3, 0.4) is 0 Å². The lowest BCUT2D eigenvalue weighted by atomic mass is 10.1. The second-order valence-corrected chi connectivity index (χ2v) is 8.34. The predicted molar refractivity (Wildman–Crippen MR) is 110 cm³/mol. The van der Waals surface area contributed by atoms with Gasteiger partial charge in [0, 0.05) is 25.2 Å². The summed E-state index contributed by atoms with van der Waals surface area (Å²) in [7, 11) is -3.69. The number of hydrogen-bond acceptors (Lipinski definition) is 5. The van der Waals surface area contributed by atoms with Crippen molar-refractivity contribution in [2.75, 3.05) is 29.9 Å². The molecule has 1 aliphatic rings. The number of hydrogen-bond donors (Lipinski definition) is 2. The number of carbonyl (C=O) groups excluding carboxylic acids is 1. The number of piperidine rings is 1. The molecule has 2 aromatic rings. The summed E-state index contributed by atoms with van der Waals surface area (Å²) < 4.78 is 26.8. The maximum Gasteiger partial charge on any atom is 0.256 e. The van der Waals surface area contributed by atoms with Crippen LogP contribution in [0.5, 0.6) is 0 Å². The minimum Gasteiger partial charge on any atom is -0.370 e. The zero-order valence-corrected chi connectivity index (χ0v) is 16.4. The fourth-order valence-corrected chi connectivity index (χ4v) is 4.09. The summed E-state index contributed by atoms with van der Waals surface area (Å²) in [5.74, 6) is 0.00259. The van der Waals surface area contributed by atoms with E-state index in [1.807, 2.05) is 6.07 Å². The minimum atomic E-state index is -3.69. The Kier molecular flexibility index (Phi) is 6.43. The summed E-state index contributed by atoms with van der Waals surface area (Å²) in [6.45, 7) is 5.65. The number of nitrogens with zero attached hydrogens (tertiary/aromatic N) is 2. The highest BCUT2D eigenvalue weighted by Gasteiger charge is 2.16. The molecule has 0 unspecified atom stereocenters. The predicted octanol–water partition coefficient (Wildman–Crippen LogP) is 2.79. The van der Waals surface area contributed by atoms with Crippen LogP contribution in [0, 0.1) is 0 Å². The van der Waals surface area contributed by atoms with Gasteiger partial charge in [0.1, 0.15) is 5.82 Å². The van der Waals surface area contributed by atoms with E-state index in [-0.39, 0.29) is 17.0 Å². The number of amides is 1. The highest BCUT2D eigenvalue weighted by Crippen LogP contribution is 2.20. The van der Waals surface area contributed by atoms with Gasteiger partial charge in [-0.2, -0.15) is 0 Å². The molecule has 28 heavy (non-hydrogen) atoms. The average molecular weight is 401 g/mol. The Bertz CT molecular complexity index is 936. The Balaban J connectivity index is 1.69. The Labute approximate surface area is 165 Å². The molecule has 8 heteroatoms. The topological polar surface area (TPSA) is 91.4 Å². The third-order valence-corrected chi connectivity index (χ3v) is 5.96. The van der Waals surface area contributed by atoms with Gasteiger partial charge in [-0.15, -0.1) is 6.58 Å². The Morgan fingerprint density at radius 2 is 1.96 bits per heavy atom. The number of anilines is 2. The molecule has 0 bridgehead atoms. The van der Waals surface area contributed by atoms with Crippen LogP contribution in [0.4, 0.5) is 11.5 Å². The van der Waals surface area contributed by atoms with E-state index in [1.54, 1.807) is 18.3 Å². The molecule has 148 valence electrons. The molecule has 0 saturated carbocycles. The summed E-state index contributed by atoms with van der Waals surface area (Å²) in [5, 5.41) is 2.71. The molecule has 1 aromatic heterocycles. The monoisotopic (exact) mass is 400 g/mol. The molecule has 0 radical (unpaired) electrons. The van der Waals surface area contributed by atoms with Crippen molar-refractivity contribution < 1.29 is 13.2 Å². The second kappa shape index (κ2) is 8.99. The number of carbonyl (C=O) groups is 1. The molecule has 2 heterocycles. The van der Waals surface area contributed by atoms with E-state index in [4.69, 9.17) is 0 Å². The molecule has 1 aliphatic heterocycles. The molecule has 1 amide bonds. The van der Waals surface area contributed by atoms with Crippen molar-refractivity contribution >= 4 is 27.4 Å². The molecule has 7 nitrogen and oxygen atoms in total. The van der Waals surface area contributed by atoms with Crippen LogP contribution in [0.2, 0.25) is 0 Å². The lowest BCUT2D eigenvalue weighted by Gasteiger charge is -2.28. The lowest BCUT2D eigenvalue weighted by molar-refractivity contribution is 0.102. The van der Waals surface area contributed by atoms with Crippen molar-refractivity contribution in [3.63, 3.8) is 0 Å². The van der Waals surface area contributed by atoms with E-state index < -0.39 is 15.9 Å². The summed E-state index contributed by atoms with van der Waals surface area (Å²) >= 11 is 0. The van der Waals surface area contributed by atoms with Gasteiger partial charge in [0.2, 0.25) is 10.0 Å². The molecule has 1 fully saturated rings. The molecular formula is C20H24N4O3S. The van der Waals surface area contributed by atoms with Crippen LogP contribution < -0.4 is 14.9 Å². The Morgan fingerprint density at radius 3 is 2.64 bits per heavy atom. The molecule has 1 saturated heterocycles. The summed E-state index contributed by atoms with van der Waals surface area (Å²) in [6.07, 6.45) is 6.82. The van der Waals surface area contributed by atoms with Gasteiger partial charge >= 0.3 is 0 Å².